The molecule has 1 saturated carbocycles. The van der Waals surface area contributed by atoms with Crippen molar-refractivity contribution in [2.75, 3.05) is 5.88 Å². The first-order valence-electron chi connectivity index (χ1n) is 9.02. The first kappa shape index (κ1) is 18.4. The van der Waals surface area contributed by atoms with E-state index in [0.29, 0.717) is 11.8 Å². The van der Waals surface area contributed by atoms with Crippen molar-refractivity contribution in [2.45, 2.75) is 71.3 Å². The number of carbonyl (C=O) groups excluding carboxylic acids is 1. The molecule has 0 unspecified atom stereocenters. The molecule has 1 saturated heterocycles. The first-order chi connectivity index (χ1) is 11.5. The Morgan fingerprint density at radius 2 is 1.60 bits per heavy atom. The van der Waals surface area contributed by atoms with Crippen molar-refractivity contribution in [1.82, 2.24) is 4.90 Å². The van der Waals surface area contributed by atoms with Crippen LogP contribution in [0, 0.1) is 0 Å². The molecule has 1 aliphatic heterocycles. The Kier molecular flexibility index (Phi) is 4.47. The minimum Gasteiger partial charge on any atom is -0.507 e. The SMILES string of the molecule is CC(C)(C)c1cc(C=C2SCN(C3CC3)C2=O)cc(C(C)(C)C)c1O. The number of hydrogen-bond acceptors (Lipinski definition) is 3. The van der Waals surface area contributed by atoms with Crippen molar-refractivity contribution in [3.63, 3.8) is 0 Å². The van der Waals surface area contributed by atoms with Gasteiger partial charge >= 0.3 is 0 Å². The summed E-state index contributed by atoms with van der Waals surface area (Å²) in [6, 6.07) is 4.53. The van der Waals surface area contributed by atoms with Crippen LogP contribution < -0.4 is 0 Å². The van der Waals surface area contributed by atoms with Gasteiger partial charge in [-0.3, -0.25) is 4.79 Å². The van der Waals surface area contributed by atoms with Crippen molar-refractivity contribution in [1.29, 1.82) is 0 Å². The molecule has 0 spiro atoms. The summed E-state index contributed by atoms with van der Waals surface area (Å²) in [5.41, 5.74) is 2.54. The van der Waals surface area contributed by atoms with Gasteiger partial charge in [0.1, 0.15) is 5.75 Å². The van der Waals surface area contributed by atoms with E-state index in [9.17, 15) is 9.90 Å². The first-order valence-corrected chi connectivity index (χ1v) is 10.0. The maximum atomic E-state index is 12.6. The summed E-state index contributed by atoms with van der Waals surface area (Å²) in [6.45, 7) is 12.6. The van der Waals surface area contributed by atoms with E-state index in [1.165, 1.54) is 0 Å². The van der Waals surface area contributed by atoms with Crippen LogP contribution in [-0.2, 0) is 15.6 Å². The molecule has 3 nitrogen and oxygen atoms in total. The highest BCUT2D eigenvalue weighted by atomic mass is 32.2. The van der Waals surface area contributed by atoms with Gasteiger partial charge in [0, 0.05) is 17.2 Å². The van der Waals surface area contributed by atoms with Gasteiger partial charge in [-0.1, -0.05) is 53.3 Å². The van der Waals surface area contributed by atoms with Crippen LogP contribution in [0.1, 0.15) is 71.1 Å². The van der Waals surface area contributed by atoms with Crippen molar-refractivity contribution in [2.24, 2.45) is 0 Å². The predicted molar refractivity (Wildman–Crippen MR) is 106 cm³/mol. The molecule has 2 fully saturated rings. The lowest BCUT2D eigenvalue weighted by Gasteiger charge is -2.28. The van der Waals surface area contributed by atoms with Crippen LogP contribution in [0.4, 0.5) is 0 Å². The highest BCUT2D eigenvalue weighted by Gasteiger charge is 2.38. The third kappa shape index (κ3) is 3.74. The van der Waals surface area contributed by atoms with Crippen LogP contribution in [0.2, 0.25) is 0 Å². The number of phenolic OH excluding ortho intramolecular Hbond substituents is 1. The zero-order valence-corrected chi connectivity index (χ0v) is 17.0. The van der Waals surface area contributed by atoms with Gasteiger partial charge in [-0.25, -0.2) is 0 Å². The van der Waals surface area contributed by atoms with Crippen molar-refractivity contribution in [3.8, 4) is 5.75 Å². The summed E-state index contributed by atoms with van der Waals surface area (Å²) in [4.78, 5) is 15.4. The van der Waals surface area contributed by atoms with E-state index in [1.54, 1.807) is 11.8 Å². The third-order valence-electron chi connectivity index (χ3n) is 4.86. The zero-order valence-electron chi connectivity index (χ0n) is 16.1. The third-order valence-corrected chi connectivity index (χ3v) is 5.88. The van der Waals surface area contributed by atoms with Crippen LogP contribution in [-0.4, -0.2) is 27.8 Å². The second-order valence-electron chi connectivity index (χ2n) is 9.25. The summed E-state index contributed by atoms with van der Waals surface area (Å²) in [5, 5.41) is 10.8. The topological polar surface area (TPSA) is 40.5 Å². The number of phenols is 1. The molecule has 0 radical (unpaired) electrons. The van der Waals surface area contributed by atoms with E-state index in [2.05, 4.69) is 41.5 Å². The smallest absolute Gasteiger partial charge is 0.261 e. The van der Waals surface area contributed by atoms with Crippen LogP contribution in [0.25, 0.3) is 6.08 Å². The molecular weight excluding hydrogens is 330 g/mol. The molecule has 1 amide bonds. The molecule has 136 valence electrons. The normalized spacial score (nSPS) is 20.6. The second kappa shape index (κ2) is 6.08. The second-order valence-corrected chi connectivity index (χ2v) is 10.2. The lowest BCUT2D eigenvalue weighted by molar-refractivity contribution is -0.125. The van der Waals surface area contributed by atoms with Crippen LogP contribution in [0.15, 0.2) is 17.0 Å². The highest BCUT2D eigenvalue weighted by molar-refractivity contribution is 8.04. The number of aromatic hydroxyl groups is 1. The number of rotatable bonds is 2. The van der Waals surface area contributed by atoms with E-state index in [-0.39, 0.29) is 16.7 Å². The van der Waals surface area contributed by atoms with E-state index >= 15 is 0 Å². The molecule has 1 aliphatic carbocycles. The largest absolute Gasteiger partial charge is 0.507 e. The van der Waals surface area contributed by atoms with Crippen molar-refractivity contribution >= 4 is 23.7 Å². The average molecular weight is 360 g/mol. The molecule has 0 atom stereocenters. The predicted octanol–water partition coefficient (Wildman–Crippen LogP) is 5.02. The summed E-state index contributed by atoms with van der Waals surface area (Å²) < 4.78 is 0. The fraction of sp³-hybridized carbons (Fsp3) is 0.571. The van der Waals surface area contributed by atoms with Crippen LogP contribution in [0.3, 0.4) is 0 Å². The lowest BCUT2D eigenvalue weighted by Crippen LogP contribution is -2.27. The molecule has 2 aliphatic rings. The summed E-state index contributed by atoms with van der Waals surface area (Å²) in [5.74, 6) is 1.31. The maximum absolute atomic E-state index is 12.6. The molecule has 1 aromatic rings. The Morgan fingerprint density at radius 3 is 2.04 bits per heavy atom. The molecule has 25 heavy (non-hydrogen) atoms. The van der Waals surface area contributed by atoms with Gasteiger partial charge in [0.15, 0.2) is 0 Å². The molecular formula is C21H29NO2S. The minimum atomic E-state index is -0.161. The van der Waals surface area contributed by atoms with Gasteiger partial charge in [0.25, 0.3) is 5.91 Å². The number of amides is 1. The van der Waals surface area contributed by atoms with E-state index in [0.717, 1.165) is 40.3 Å². The number of nitrogens with zero attached hydrogens (tertiary/aromatic N) is 1. The number of benzene rings is 1. The van der Waals surface area contributed by atoms with Gasteiger partial charge in [-0.05, 0) is 47.4 Å². The zero-order chi connectivity index (χ0) is 18.6. The fourth-order valence-corrected chi connectivity index (χ4v) is 4.26. The Hall–Kier alpha value is -1.42. The van der Waals surface area contributed by atoms with Gasteiger partial charge in [0.05, 0.1) is 10.8 Å². The molecule has 0 bridgehead atoms. The molecule has 0 aromatic heterocycles. The Balaban J connectivity index is 2.04. The van der Waals surface area contributed by atoms with E-state index in [1.807, 2.05) is 23.1 Å². The number of thioether (sulfide) groups is 1. The van der Waals surface area contributed by atoms with Gasteiger partial charge < -0.3 is 10.0 Å². The monoisotopic (exact) mass is 359 g/mol. The van der Waals surface area contributed by atoms with Crippen LogP contribution in [0.5, 0.6) is 5.75 Å². The average Bonchev–Trinajstić information content (AvgIpc) is 3.24. The molecule has 4 heteroatoms. The number of carbonyl (C=O) groups is 1. The quantitative estimate of drug-likeness (QED) is 0.754. The number of hydrogen-bond donors (Lipinski definition) is 1. The van der Waals surface area contributed by atoms with Gasteiger partial charge in [0.2, 0.25) is 0 Å². The van der Waals surface area contributed by atoms with Crippen molar-refractivity contribution in [3.05, 3.63) is 33.7 Å². The van der Waals surface area contributed by atoms with Crippen LogP contribution >= 0.6 is 11.8 Å². The highest BCUT2D eigenvalue weighted by Crippen LogP contribution is 2.42. The Morgan fingerprint density at radius 1 is 1.08 bits per heavy atom. The van der Waals surface area contributed by atoms with Crippen molar-refractivity contribution < 1.29 is 9.90 Å². The van der Waals surface area contributed by atoms with E-state index < -0.39 is 0 Å². The molecule has 1 heterocycles. The molecule has 1 aromatic carbocycles. The summed E-state index contributed by atoms with van der Waals surface area (Å²) >= 11 is 1.63. The van der Waals surface area contributed by atoms with E-state index in [4.69, 9.17) is 0 Å². The summed E-state index contributed by atoms with van der Waals surface area (Å²) in [7, 11) is 0. The Labute approximate surface area is 155 Å². The standard InChI is InChI=1S/C21H29NO2S/c1-20(2,3)15-9-13(10-16(18(15)23)21(4,5)6)11-17-19(24)22(12-25-17)14-7-8-14/h9-11,14,23H,7-8,12H2,1-6H3. The minimum absolute atomic E-state index is 0.161. The maximum Gasteiger partial charge on any atom is 0.261 e. The molecule has 1 N–H and O–H groups in total. The lowest BCUT2D eigenvalue weighted by atomic mass is 9.78. The summed E-state index contributed by atoms with van der Waals surface area (Å²) in [6.07, 6.45) is 4.28. The Bertz CT molecular complexity index is 698. The van der Waals surface area contributed by atoms with Gasteiger partial charge in [-0.2, -0.15) is 0 Å². The molecule has 3 rings (SSSR count). The fourth-order valence-electron chi connectivity index (χ4n) is 3.20. The van der Waals surface area contributed by atoms with Gasteiger partial charge in [-0.15, -0.1) is 0 Å².